The fraction of sp³-hybridized carbons (Fsp3) is 0.364. The number of methoxy groups -OCH3 is 1. The Morgan fingerprint density at radius 1 is 1.23 bits per heavy atom. The number of nitrogens with one attached hydrogen (secondary N) is 1. The van der Waals surface area contributed by atoms with Gasteiger partial charge < -0.3 is 24.4 Å². The van der Waals surface area contributed by atoms with E-state index in [2.05, 4.69) is 5.32 Å². The van der Waals surface area contributed by atoms with E-state index < -0.39 is 0 Å². The summed E-state index contributed by atoms with van der Waals surface area (Å²) in [5, 5.41) is 3.19. The van der Waals surface area contributed by atoms with Crippen molar-refractivity contribution in [3.8, 4) is 11.5 Å². The van der Waals surface area contributed by atoms with Crippen molar-refractivity contribution in [2.75, 3.05) is 39.2 Å². The van der Waals surface area contributed by atoms with Gasteiger partial charge in [0, 0.05) is 24.2 Å². The number of amides is 2. The van der Waals surface area contributed by atoms with E-state index in [1.807, 2.05) is 0 Å². The van der Waals surface area contributed by atoms with Gasteiger partial charge in [-0.2, -0.15) is 0 Å². The van der Waals surface area contributed by atoms with Crippen molar-refractivity contribution in [1.29, 1.82) is 0 Å². The summed E-state index contributed by atoms with van der Waals surface area (Å²) in [7, 11) is 3.07. The molecule has 2 aromatic rings. The molecule has 2 amide bonds. The Bertz CT molecular complexity index is 882. The average Bonchev–Trinajstić information content (AvgIpc) is 3.26. The van der Waals surface area contributed by atoms with Gasteiger partial charge in [-0.25, -0.2) is 0 Å². The smallest absolute Gasteiger partial charge is 0.254 e. The normalized spacial score (nSPS) is 15.5. The van der Waals surface area contributed by atoms with Crippen molar-refractivity contribution in [2.24, 2.45) is 0 Å². The predicted octanol–water partition coefficient (Wildman–Crippen LogP) is 3.62. The first-order valence-electron chi connectivity index (χ1n) is 9.69. The van der Waals surface area contributed by atoms with E-state index >= 15 is 0 Å². The maximum absolute atomic E-state index is 12.6. The highest BCUT2D eigenvalue weighted by Gasteiger charge is 2.18. The average molecular weight is 433 g/mol. The maximum Gasteiger partial charge on any atom is 0.254 e. The monoisotopic (exact) mass is 432 g/mol. The van der Waals surface area contributed by atoms with Crippen LogP contribution in [0.4, 0.5) is 5.69 Å². The molecule has 3 rings (SSSR count). The molecule has 0 bridgehead atoms. The zero-order valence-corrected chi connectivity index (χ0v) is 17.8. The van der Waals surface area contributed by atoms with Gasteiger partial charge in [0.1, 0.15) is 18.1 Å². The zero-order chi connectivity index (χ0) is 21.5. The van der Waals surface area contributed by atoms with Crippen LogP contribution >= 0.6 is 11.6 Å². The van der Waals surface area contributed by atoms with Gasteiger partial charge >= 0.3 is 0 Å². The summed E-state index contributed by atoms with van der Waals surface area (Å²) >= 11 is 5.98. The lowest BCUT2D eigenvalue weighted by Crippen LogP contribution is -2.35. The van der Waals surface area contributed by atoms with Crippen LogP contribution in [-0.2, 0) is 9.53 Å². The number of likely N-dealkylation sites (N-methyl/N-ethyl adjacent to an activating group) is 1. The van der Waals surface area contributed by atoms with Crippen molar-refractivity contribution >= 4 is 29.1 Å². The van der Waals surface area contributed by atoms with Crippen LogP contribution in [0.15, 0.2) is 42.5 Å². The van der Waals surface area contributed by atoms with Gasteiger partial charge in [0.2, 0.25) is 5.91 Å². The number of benzene rings is 2. The molecule has 1 heterocycles. The minimum Gasteiger partial charge on any atom is -0.495 e. The number of rotatable bonds is 8. The second-order valence-electron chi connectivity index (χ2n) is 7.02. The second kappa shape index (κ2) is 10.3. The van der Waals surface area contributed by atoms with Crippen LogP contribution in [0.3, 0.4) is 0 Å². The van der Waals surface area contributed by atoms with Gasteiger partial charge in [0.25, 0.3) is 5.91 Å². The van der Waals surface area contributed by atoms with Crippen molar-refractivity contribution in [1.82, 2.24) is 4.90 Å². The molecule has 160 valence electrons. The molecule has 0 aromatic heterocycles. The summed E-state index contributed by atoms with van der Waals surface area (Å²) in [6.45, 7) is 1.16. The summed E-state index contributed by atoms with van der Waals surface area (Å²) in [6.07, 6.45) is 2.20. The van der Waals surface area contributed by atoms with Gasteiger partial charge in [0.15, 0.2) is 0 Å². The first-order chi connectivity index (χ1) is 14.5. The van der Waals surface area contributed by atoms with Gasteiger partial charge in [-0.05, 0) is 55.3 Å². The Morgan fingerprint density at radius 2 is 2.00 bits per heavy atom. The third-order valence-electron chi connectivity index (χ3n) is 4.72. The van der Waals surface area contributed by atoms with Crippen molar-refractivity contribution in [3.63, 3.8) is 0 Å². The summed E-state index contributed by atoms with van der Waals surface area (Å²) < 4.78 is 16.5. The highest BCUT2D eigenvalue weighted by atomic mass is 35.5. The molecule has 2 aromatic carbocycles. The number of hydrogen-bond donors (Lipinski definition) is 1. The number of nitrogens with zero attached hydrogens (tertiary/aromatic N) is 1. The number of halogens is 1. The number of carbonyl (C=O) groups excluding carboxylic acids is 2. The standard InChI is InChI=1S/C22H25ClN2O5/c1-25(13-21(26)24-19-12-16(23)7-10-20(19)28-2)22(27)15-5-8-17(9-6-15)30-14-18-4-3-11-29-18/h5-10,12,18H,3-4,11,13-14H2,1-2H3,(H,24,26)/t18-/m0/s1. The lowest BCUT2D eigenvalue weighted by Gasteiger charge is -2.18. The van der Waals surface area contributed by atoms with Crippen LogP contribution in [0.25, 0.3) is 0 Å². The molecule has 1 saturated heterocycles. The lowest BCUT2D eigenvalue weighted by atomic mass is 10.2. The molecule has 8 heteroatoms. The summed E-state index contributed by atoms with van der Waals surface area (Å²) in [5.74, 6) is 0.535. The largest absolute Gasteiger partial charge is 0.495 e. The molecule has 1 aliphatic rings. The Morgan fingerprint density at radius 3 is 2.67 bits per heavy atom. The molecule has 1 N–H and O–H groups in total. The highest BCUT2D eigenvalue weighted by molar-refractivity contribution is 6.31. The van der Waals surface area contributed by atoms with Crippen LogP contribution < -0.4 is 14.8 Å². The Balaban J connectivity index is 1.53. The molecule has 0 saturated carbocycles. The minimum absolute atomic E-state index is 0.119. The summed E-state index contributed by atoms with van der Waals surface area (Å²) in [5.41, 5.74) is 0.915. The van der Waals surface area contributed by atoms with Crippen LogP contribution in [0.2, 0.25) is 5.02 Å². The van der Waals surface area contributed by atoms with Gasteiger partial charge in [-0.3, -0.25) is 9.59 Å². The van der Waals surface area contributed by atoms with Crippen molar-refractivity contribution in [3.05, 3.63) is 53.1 Å². The predicted molar refractivity (Wildman–Crippen MR) is 115 cm³/mol. The maximum atomic E-state index is 12.6. The van der Waals surface area contributed by atoms with Crippen LogP contribution in [0.5, 0.6) is 11.5 Å². The highest BCUT2D eigenvalue weighted by Crippen LogP contribution is 2.27. The fourth-order valence-corrected chi connectivity index (χ4v) is 3.31. The molecular weight excluding hydrogens is 408 g/mol. The molecule has 0 spiro atoms. The van der Waals surface area contributed by atoms with Crippen molar-refractivity contribution in [2.45, 2.75) is 18.9 Å². The molecule has 1 fully saturated rings. The van der Waals surface area contributed by atoms with E-state index in [9.17, 15) is 9.59 Å². The fourth-order valence-electron chi connectivity index (χ4n) is 3.13. The van der Waals surface area contributed by atoms with E-state index in [1.165, 1.54) is 12.0 Å². The molecule has 7 nitrogen and oxygen atoms in total. The van der Waals surface area contributed by atoms with Crippen LogP contribution in [0.1, 0.15) is 23.2 Å². The minimum atomic E-state index is -0.358. The molecule has 30 heavy (non-hydrogen) atoms. The quantitative estimate of drug-likeness (QED) is 0.689. The molecule has 0 radical (unpaired) electrons. The van der Waals surface area contributed by atoms with E-state index in [0.29, 0.717) is 34.4 Å². The van der Waals surface area contributed by atoms with Gasteiger partial charge in [-0.15, -0.1) is 0 Å². The molecular formula is C22H25ClN2O5. The van der Waals surface area contributed by atoms with Gasteiger partial charge in [-0.1, -0.05) is 11.6 Å². The Labute approximate surface area is 180 Å². The topological polar surface area (TPSA) is 77.1 Å². The molecule has 1 atom stereocenters. The van der Waals surface area contributed by atoms with Crippen LogP contribution in [-0.4, -0.2) is 56.7 Å². The number of anilines is 1. The molecule has 0 unspecified atom stereocenters. The summed E-state index contributed by atoms with van der Waals surface area (Å²) in [6, 6.07) is 11.8. The Hall–Kier alpha value is -2.77. The van der Waals surface area contributed by atoms with Crippen molar-refractivity contribution < 1.29 is 23.8 Å². The van der Waals surface area contributed by atoms with Gasteiger partial charge in [0.05, 0.1) is 25.4 Å². The SMILES string of the molecule is COc1ccc(Cl)cc1NC(=O)CN(C)C(=O)c1ccc(OC[C@@H]2CCCO2)cc1. The van der Waals surface area contributed by atoms with E-state index in [1.54, 1.807) is 49.5 Å². The molecule has 0 aliphatic carbocycles. The molecule has 1 aliphatic heterocycles. The van der Waals surface area contributed by atoms with E-state index in [4.69, 9.17) is 25.8 Å². The first-order valence-corrected chi connectivity index (χ1v) is 10.1. The second-order valence-corrected chi connectivity index (χ2v) is 7.46. The Kier molecular flexibility index (Phi) is 7.54. The summed E-state index contributed by atoms with van der Waals surface area (Å²) in [4.78, 5) is 26.3. The number of carbonyl (C=O) groups is 2. The third kappa shape index (κ3) is 5.87. The van der Waals surface area contributed by atoms with E-state index in [-0.39, 0.29) is 24.5 Å². The van der Waals surface area contributed by atoms with E-state index in [0.717, 1.165) is 19.4 Å². The lowest BCUT2D eigenvalue weighted by molar-refractivity contribution is -0.116. The number of hydrogen-bond acceptors (Lipinski definition) is 5. The third-order valence-corrected chi connectivity index (χ3v) is 4.96. The number of ether oxygens (including phenoxy) is 3. The zero-order valence-electron chi connectivity index (χ0n) is 17.0. The van der Waals surface area contributed by atoms with Crippen LogP contribution in [0, 0.1) is 0 Å². The first kappa shape index (κ1) is 21.9.